The first kappa shape index (κ1) is 14.1. The Morgan fingerprint density at radius 2 is 1.50 bits per heavy atom. The Bertz CT molecular complexity index is 145. The molecule has 0 aliphatic heterocycles. The van der Waals surface area contributed by atoms with Crippen molar-refractivity contribution >= 4 is 8.72 Å². The van der Waals surface area contributed by atoms with Crippen LogP contribution >= 0.6 is 0 Å². The van der Waals surface area contributed by atoms with Gasteiger partial charge < -0.3 is 8.85 Å². The van der Waals surface area contributed by atoms with Crippen LogP contribution in [0.3, 0.4) is 0 Å². The minimum atomic E-state index is -2.10. The van der Waals surface area contributed by atoms with Crippen molar-refractivity contribution in [1.29, 1.82) is 0 Å². The zero-order chi connectivity index (χ0) is 11.2. The molecular formula is C10H25NO2Si. The minimum Gasteiger partial charge on any atom is -0.386 e. The molecule has 0 spiro atoms. The fraction of sp³-hybridized carbons (Fsp3) is 1.00. The molecule has 0 aliphatic carbocycles. The van der Waals surface area contributed by atoms with Crippen LogP contribution < -0.4 is 0 Å². The van der Waals surface area contributed by atoms with Crippen LogP contribution in [0.4, 0.5) is 0 Å². The van der Waals surface area contributed by atoms with Gasteiger partial charge >= 0.3 is 8.72 Å². The zero-order valence-corrected chi connectivity index (χ0v) is 11.5. The number of hydrogen-bond acceptors (Lipinski definition) is 3. The second-order valence-corrected chi connectivity index (χ2v) is 7.17. The van der Waals surface area contributed by atoms with Gasteiger partial charge in [-0.3, -0.25) is 4.57 Å². The van der Waals surface area contributed by atoms with Gasteiger partial charge in [0.2, 0.25) is 0 Å². The molecule has 0 saturated heterocycles. The highest BCUT2D eigenvalue weighted by molar-refractivity contribution is 6.64. The normalized spacial score (nSPS) is 12.9. The summed E-state index contributed by atoms with van der Waals surface area (Å²) in [5.74, 6) is 0.613. The van der Waals surface area contributed by atoms with Crippen molar-refractivity contribution in [1.82, 2.24) is 4.57 Å². The van der Waals surface area contributed by atoms with Crippen molar-refractivity contribution in [2.75, 3.05) is 27.3 Å². The van der Waals surface area contributed by atoms with E-state index in [1.54, 1.807) is 14.2 Å². The summed E-state index contributed by atoms with van der Waals surface area (Å²) in [5, 5.41) is 0. The van der Waals surface area contributed by atoms with Gasteiger partial charge in [-0.1, -0.05) is 27.7 Å². The molecule has 3 nitrogen and oxygen atoms in total. The van der Waals surface area contributed by atoms with Gasteiger partial charge in [-0.05, 0) is 19.0 Å². The summed E-state index contributed by atoms with van der Waals surface area (Å²) >= 11 is 0. The lowest BCUT2D eigenvalue weighted by molar-refractivity contribution is 0.163. The van der Waals surface area contributed by atoms with Crippen LogP contribution in [0.25, 0.3) is 0 Å². The van der Waals surface area contributed by atoms with Crippen LogP contribution in [0.1, 0.15) is 27.7 Å². The maximum atomic E-state index is 5.68. The Kier molecular flexibility index (Phi) is 6.60. The average molecular weight is 219 g/mol. The number of hydrogen-bond donors (Lipinski definition) is 0. The zero-order valence-electron chi connectivity index (χ0n) is 10.5. The van der Waals surface area contributed by atoms with Crippen LogP contribution in [0, 0.1) is 5.92 Å². The SMILES string of the molecule is CCN(CC)[Si](CC(C)C)(OC)OC. The minimum absolute atomic E-state index is 0.613. The first-order chi connectivity index (χ1) is 6.56. The predicted molar refractivity (Wildman–Crippen MR) is 62.3 cm³/mol. The molecule has 0 amide bonds. The Morgan fingerprint density at radius 1 is 1.07 bits per heavy atom. The molecule has 14 heavy (non-hydrogen) atoms. The summed E-state index contributed by atoms with van der Waals surface area (Å²) in [7, 11) is 1.45. The highest BCUT2D eigenvalue weighted by atomic mass is 28.4. The molecule has 0 unspecified atom stereocenters. The molecule has 86 valence electrons. The molecule has 0 aromatic heterocycles. The molecule has 0 fully saturated rings. The Labute approximate surface area is 89.7 Å². The smallest absolute Gasteiger partial charge is 0.386 e. The van der Waals surface area contributed by atoms with Crippen molar-refractivity contribution in [3.63, 3.8) is 0 Å². The molecule has 0 saturated carbocycles. The van der Waals surface area contributed by atoms with Gasteiger partial charge in [-0.2, -0.15) is 0 Å². The van der Waals surface area contributed by atoms with Gasteiger partial charge in [0.05, 0.1) is 0 Å². The highest BCUT2D eigenvalue weighted by Crippen LogP contribution is 2.22. The lowest BCUT2D eigenvalue weighted by atomic mass is 10.3. The molecule has 0 atom stereocenters. The summed E-state index contributed by atoms with van der Waals surface area (Å²) in [6.45, 7) is 10.7. The van der Waals surface area contributed by atoms with Gasteiger partial charge in [0.25, 0.3) is 0 Å². The van der Waals surface area contributed by atoms with Gasteiger partial charge in [0, 0.05) is 20.3 Å². The maximum Gasteiger partial charge on any atom is 0.427 e. The van der Waals surface area contributed by atoms with Crippen molar-refractivity contribution in [2.24, 2.45) is 5.92 Å². The largest absolute Gasteiger partial charge is 0.427 e. The van der Waals surface area contributed by atoms with E-state index in [2.05, 4.69) is 32.3 Å². The quantitative estimate of drug-likeness (QED) is 0.613. The van der Waals surface area contributed by atoms with E-state index >= 15 is 0 Å². The van der Waals surface area contributed by atoms with E-state index in [1.807, 2.05) is 0 Å². The second-order valence-electron chi connectivity index (χ2n) is 3.89. The topological polar surface area (TPSA) is 21.7 Å². The monoisotopic (exact) mass is 219 g/mol. The maximum absolute atomic E-state index is 5.68. The van der Waals surface area contributed by atoms with Crippen LogP contribution in [0.5, 0.6) is 0 Å². The fourth-order valence-corrected chi connectivity index (χ4v) is 5.13. The summed E-state index contributed by atoms with van der Waals surface area (Å²) in [6.07, 6.45) is 0. The van der Waals surface area contributed by atoms with Crippen LogP contribution in [0.2, 0.25) is 6.04 Å². The second kappa shape index (κ2) is 6.56. The van der Waals surface area contributed by atoms with E-state index < -0.39 is 8.72 Å². The molecule has 0 aliphatic rings. The number of rotatable bonds is 7. The van der Waals surface area contributed by atoms with E-state index in [4.69, 9.17) is 8.85 Å². The highest BCUT2D eigenvalue weighted by Gasteiger charge is 2.42. The van der Waals surface area contributed by atoms with Crippen molar-refractivity contribution in [2.45, 2.75) is 33.7 Å². The third-order valence-corrected chi connectivity index (χ3v) is 6.75. The van der Waals surface area contributed by atoms with Crippen molar-refractivity contribution in [3.8, 4) is 0 Å². The molecule has 0 N–H and O–H groups in total. The summed E-state index contributed by atoms with van der Waals surface area (Å²) < 4.78 is 13.7. The predicted octanol–water partition coefficient (Wildman–Crippen LogP) is 2.22. The Hall–Kier alpha value is 0.0969. The van der Waals surface area contributed by atoms with E-state index in [0.29, 0.717) is 5.92 Å². The average Bonchev–Trinajstić information content (AvgIpc) is 2.17. The Balaban J connectivity index is 4.65. The first-order valence-corrected chi connectivity index (χ1v) is 7.38. The van der Waals surface area contributed by atoms with Crippen molar-refractivity contribution < 1.29 is 8.85 Å². The molecule has 0 heterocycles. The molecular weight excluding hydrogens is 194 g/mol. The van der Waals surface area contributed by atoms with Gasteiger partial charge in [0.1, 0.15) is 0 Å². The summed E-state index contributed by atoms with van der Waals surface area (Å²) in [5.41, 5.74) is 0. The van der Waals surface area contributed by atoms with Gasteiger partial charge in [-0.25, -0.2) is 0 Å². The van der Waals surface area contributed by atoms with Crippen LogP contribution in [-0.2, 0) is 8.85 Å². The van der Waals surface area contributed by atoms with Crippen LogP contribution in [-0.4, -0.2) is 40.6 Å². The van der Waals surface area contributed by atoms with E-state index in [1.165, 1.54) is 0 Å². The third kappa shape index (κ3) is 3.35. The molecule has 0 aromatic rings. The van der Waals surface area contributed by atoms with Gasteiger partial charge in [0.15, 0.2) is 0 Å². The van der Waals surface area contributed by atoms with E-state index in [0.717, 1.165) is 19.1 Å². The molecule has 0 rings (SSSR count). The molecule has 0 aromatic carbocycles. The van der Waals surface area contributed by atoms with E-state index in [9.17, 15) is 0 Å². The third-order valence-electron chi connectivity index (χ3n) is 2.55. The Morgan fingerprint density at radius 3 is 1.71 bits per heavy atom. The lowest BCUT2D eigenvalue weighted by Gasteiger charge is -2.37. The first-order valence-electron chi connectivity index (χ1n) is 5.41. The summed E-state index contributed by atoms with van der Waals surface area (Å²) in [4.78, 5) is 0. The fourth-order valence-electron chi connectivity index (χ4n) is 1.86. The lowest BCUT2D eigenvalue weighted by Crippen LogP contribution is -2.58. The van der Waals surface area contributed by atoms with E-state index in [-0.39, 0.29) is 0 Å². The summed E-state index contributed by atoms with van der Waals surface area (Å²) in [6, 6.07) is 1.03. The van der Waals surface area contributed by atoms with Crippen LogP contribution in [0.15, 0.2) is 0 Å². The molecule has 4 heteroatoms. The number of nitrogens with zero attached hydrogens (tertiary/aromatic N) is 1. The molecule has 0 bridgehead atoms. The van der Waals surface area contributed by atoms with Gasteiger partial charge in [-0.15, -0.1) is 0 Å². The molecule has 0 radical (unpaired) electrons. The standard InChI is InChI=1S/C10H25NO2Si/c1-7-11(8-2)14(12-5,13-6)9-10(3)4/h10H,7-9H2,1-6H3. The van der Waals surface area contributed by atoms with Crippen molar-refractivity contribution in [3.05, 3.63) is 0 Å².